The zero-order valence-electron chi connectivity index (χ0n) is 16.6. The number of nitrogens with zero attached hydrogens (tertiary/aromatic N) is 2. The highest BCUT2D eigenvalue weighted by Crippen LogP contribution is 2.39. The van der Waals surface area contributed by atoms with Gasteiger partial charge in [0.05, 0.1) is 17.8 Å². The van der Waals surface area contributed by atoms with E-state index in [9.17, 15) is 9.90 Å². The molecule has 30 heavy (non-hydrogen) atoms. The maximum atomic E-state index is 13.4. The van der Waals surface area contributed by atoms with Gasteiger partial charge in [0, 0.05) is 24.0 Å². The summed E-state index contributed by atoms with van der Waals surface area (Å²) in [5, 5.41) is 20.2. The van der Waals surface area contributed by atoms with Crippen LogP contribution in [0.1, 0.15) is 23.2 Å². The number of aromatic amines is 1. The number of hydrogen-bond acceptors (Lipinski definition) is 3. The number of amides is 1. The van der Waals surface area contributed by atoms with Crippen LogP contribution in [-0.2, 0) is 0 Å². The highest BCUT2D eigenvalue weighted by Gasteiger charge is 2.42. The van der Waals surface area contributed by atoms with Gasteiger partial charge in [-0.1, -0.05) is 36.4 Å². The molecule has 1 saturated carbocycles. The summed E-state index contributed by atoms with van der Waals surface area (Å²) in [6.07, 6.45) is 3.29. The molecule has 1 aromatic heterocycles. The minimum absolute atomic E-state index is 0.104. The predicted octanol–water partition coefficient (Wildman–Crippen LogP) is 4.23. The topological polar surface area (TPSA) is 69.2 Å². The summed E-state index contributed by atoms with van der Waals surface area (Å²) >= 11 is 0. The highest BCUT2D eigenvalue weighted by molar-refractivity contribution is 6.10. The predicted molar refractivity (Wildman–Crippen MR) is 117 cm³/mol. The minimum atomic E-state index is -0.190. The molecule has 6 rings (SSSR count). The van der Waals surface area contributed by atoms with Crippen LogP contribution in [0.25, 0.3) is 32.8 Å². The number of fused-ring (bicyclic) bond motifs is 3. The second-order valence-corrected chi connectivity index (χ2v) is 8.73. The largest absolute Gasteiger partial charge is 0.393 e. The van der Waals surface area contributed by atoms with Crippen molar-refractivity contribution >= 4 is 27.6 Å². The van der Waals surface area contributed by atoms with Crippen molar-refractivity contribution in [1.29, 1.82) is 0 Å². The van der Waals surface area contributed by atoms with E-state index in [0.717, 1.165) is 64.3 Å². The highest BCUT2D eigenvalue weighted by atomic mass is 16.3. The first kappa shape index (κ1) is 17.7. The smallest absolute Gasteiger partial charge is 0.254 e. The zero-order valence-corrected chi connectivity index (χ0v) is 16.6. The fourth-order valence-electron chi connectivity index (χ4n) is 5.46. The summed E-state index contributed by atoms with van der Waals surface area (Å²) in [7, 11) is 0. The van der Waals surface area contributed by atoms with Gasteiger partial charge in [0.2, 0.25) is 0 Å². The molecule has 5 heteroatoms. The van der Waals surface area contributed by atoms with E-state index in [4.69, 9.17) is 0 Å². The molecule has 150 valence electrons. The molecule has 5 nitrogen and oxygen atoms in total. The van der Waals surface area contributed by atoms with Crippen molar-refractivity contribution in [1.82, 2.24) is 15.1 Å². The van der Waals surface area contributed by atoms with Crippen molar-refractivity contribution in [3.8, 4) is 11.1 Å². The Hall–Kier alpha value is -3.18. The molecule has 1 saturated heterocycles. The molecule has 1 amide bonds. The summed E-state index contributed by atoms with van der Waals surface area (Å²) in [6.45, 7) is 1.52. The van der Waals surface area contributed by atoms with Crippen molar-refractivity contribution in [2.75, 3.05) is 13.1 Å². The van der Waals surface area contributed by atoms with Crippen molar-refractivity contribution in [3.63, 3.8) is 0 Å². The lowest BCUT2D eigenvalue weighted by atomic mass is 9.94. The zero-order chi connectivity index (χ0) is 20.2. The molecule has 0 bridgehead atoms. The van der Waals surface area contributed by atoms with E-state index in [1.54, 1.807) is 0 Å². The fraction of sp³-hybridized carbons (Fsp3) is 0.280. The van der Waals surface area contributed by atoms with Gasteiger partial charge in [0.1, 0.15) is 0 Å². The Morgan fingerprint density at radius 2 is 1.77 bits per heavy atom. The standard InChI is InChI=1S/C25H23N3O2/c29-19-10-17-13-28(14-18(17)11-19)25(30)23-6-2-4-21-20(3-1-5-22(21)23)15-7-8-24-16(9-15)12-26-27-24/h1-9,12,17-19,29H,10-11,13-14H2,(H,26,27)/t17-,18+,19?. The number of hydrogen-bond donors (Lipinski definition) is 2. The second-order valence-electron chi connectivity index (χ2n) is 8.73. The molecule has 2 N–H and O–H groups in total. The summed E-state index contributed by atoms with van der Waals surface area (Å²) in [4.78, 5) is 15.4. The molecule has 3 aromatic carbocycles. The number of rotatable bonds is 2. The molecule has 1 aliphatic carbocycles. The molecule has 3 atom stereocenters. The SMILES string of the molecule is O=C(c1cccc2c(-c3ccc4[nH]ncc4c3)cccc12)N1C[C@H]2CC(O)C[C@H]2C1. The molecule has 2 aliphatic rings. The Morgan fingerprint density at radius 1 is 1.00 bits per heavy atom. The lowest BCUT2D eigenvalue weighted by molar-refractivity contribution is 0.0767. The van der Waals surface area contributed by atoms with Crippen LogP contribution in [0.2, 0.25) is 0 Å². The molecule has 1 aliphatic heterocycles. The quantitative estimate of drug-likeness (QED) is 0.532. The molecule has 2 fully saturated rings. The van der Waals surface area contributed by atoms with Gasteiger partial charge in [-0.25, -0.2) is 0 Å². The Balaban J connectivity index is 1.40. The van der Waals surface area contributed by atoms with Crippen molar-refractivity contribution < 1.29 is 9.90 Å². The molecular formula is C25H23N3O2. The third-order valence-electron chi connectivity index (χ3n) is 6.92. The number of aromatic nitrogens is 2. The summed E-state index contributed by atoms with van der Waals surface area (Å²) in [5.41, 5.74) is 4.01. The van der Waals surface area contributed by atoms with Crippen LogP contribution < -0.4 is 0 Å². The van der Waals surface area contributed by atoms with Crippen LogP contribution in [0.4, 0.5) is 0 Å². The number of carbonyl (C=O) groups is 1. The van der Waals surface area contributed by atoms with Crippen LogP contribution in [0.5, 0.6) is 0 Å². The number of likely N-dealkylation sites (tertiary alicyclic amines) is 1. The molecular weight excluding hydrogens is 374 g/mol. The van der Waals surface area contributed by atoms with Gasteiger partial charge in [-0.3, -0.25) is 9.89 Å². The number of H-pyrrole nitrogens is 1. The molecule has 1 unspecified atom stereocenters. The van der Waals surface area contributed by atoms with Gasteiger partial charge >= 0.3 is 0 Å². The third-order valence-corrected chi connectivity index (χ3v) is 6.92. The van der Waals surface area contributed by atoms with Crippen LogP contribution in [0.15, 0.2) is 60.8 Å². The summed E-state index contributed by atoms with van der Waals surface area (Å²) in [6, 6.07) is 18.5. The molecule has 2 heterocycles. The third kappa shape index (κ3) is 2.73. The number of nitrogens with one attached hydrogen (secondary N) is 1. The van der Waals surface area contributed by atoms with Gasteiger partial charge in [-0.2, -0.15) is 5.10 Å². The van der Waals surface area contributed by atoms with Gasteiger partial charge in [-0.05, 0) is 64.8 Å². The number of aliphatic hydroxyl groups excluding tert-OH is 1. The Labute approximate surface area is 174 Å². The first-order valence-electron chi connectivity index (χ1n) is 10.6. The first-order chi connectivity index (χ1) is 14.7. The maximum absolute atomic E-state index is 13.4. The van der Waals surface area contributed by atoms with E-state index in [1.165, 1.54) is 0 Å². The molecule has 0 radical (unpaired) electrons. The molecule has 4 aromatic rings. The van der Waals surface area contributed by atoms with E-state index >= 15 is 0 Å². The van der Waals surface area contributed by atoms with E-state index in [1.807, 2.05) is 41.4 Å². The number of benzene rings is 3. The Morgan fingerprint density at radius 3 is 2.60 bits per heavy atom. The van der Waals surface area contributed by atoms with E-state index in [2.05, 4.69) is 34.5 Å². The normalized spacial score (nSPS) is 23.4. The number of carbonyl (C=O) groups excluding carboxylic acids is 1. The lowest BCUT2D eigenvalue weighted by Crippen LogP contribution is -2.30. The van der Waals surface area contributed by atoms with Crippen molar-refractivity contribution in [2.24, 2.45) is 11.8 Å². The van der Waals surface area contributed by atoms with Crippen LogP contribution >= 0.6 is 0 Å². The van der Waals surface area contributed by atoms with Gasteiger partial charge < -0.3 is 10.0 Å². The first-order valence-corrected chi connectivity index (χ1v) is 10.6. The number of aliphatic hydroxyl groups is 1. The van der Waals surface area contributed by atoms with Crippen LogP contribution in [0.3, 0.4) is 0 Å². The maximum Gasteiger partial charge on any atom is 0.254 e. The van der Waals surface area contributed by atoms with Gasteiger partial charge in [0.25, 0.3) is 5.91 Å². The van der Waals surface area contributed by atoms with Crippen LogP contribution in [0, 0.1) is 11.8 Å². The molecule has 0 spiro atoms. The minimum Gasteiger partial charge on any atom is -0.393 e. The summed E-state index contributed by atoms with van der Waals surface area (Å²) < 4.78 is 0. The second kappa shape index (κ2) is 6.67. The van der Waals surface area contributed by atoms with Crippen molar-refractivity contribution in [3.05, 3.63) is 66.4 Å². The van der Waals surface area contributed by atoms with Gasteiger partial charge in [0.15, 0.2) is 0 Å². The van der Waals surface area contributed by atoms with E-state index < -0.39 is 0 Å². The van der Waals surface area contributed by atoms with E-state index in [0.29, 0.717) is 11.8 Å². The Bertz CT molecular complexity index is 1260. The Kier molecular flexibility index (Phi) is 3.93. The van der Waals surface area contributed by atoms with Crippen LogP contribution in [-0.4, -0.2) is 45.3 Å². The van der Waals surface area contributed by atoms with E-state index in [-0.39, 0.29) is 12.0 Å². The average Bonchev–Trinajstić information content (AvgIpc) is 3.46. The van der Waals surface area contributed by atoms with Crippen molar-refractivity contribution in [2.45, 2.75) is 18.9 Å². The lowest BCUT2D eigenvalue weighted by Gasteiger charge is -2.20. The summed E-state index contributed by atoms with van der Waals surface area (Å²) in [5.74, 6) is 0.985. The van der Waals surface area contributed by atoms with Gasteiger partial charge in [-0.15, -0.1) is 0 Å². The average molecular weight is 397 g/mol. The fourth-order valence-corrected chi connectivity index (χ4v) is 5.46. The monoisotopic (exact) mass is 397 g/mol.